The summed E-state index contributed by atoms with van der Waals surface area (Å²) in [4.78, 5) is 0. The van der Waals surface area contributed by atoms with Gasteiger partial charge < -0.3 is 10.2 Å². The van der Waals surface area contributed by atoms with E-state index >= 15 is 0 Å². The van der Waals surface area contributed by atoms with Crippen LogP contribution in [0.15, 0.2) is 0 Å². The number of aliphatic hydroxyl groups excluding tert-OH is 2. The Morgan fingerprint density at radius 3 is 1.31 bits per heavy atom. The Balaban J connectivity index is 2.91. The molecule has 2 heteroatoms. The Morgan fingerprint density at radius 1 is 0.750 bits per heavy atom. The molecule has 1 saturated carbocycles. The Bertz CT molecular complexity index is 210. The Labute approximate surface area is 100 Å². The van der Waals surface area contributed by atoms with Gasteiger partial charge in [0.05, 0.1) is 12.2 Å². The van der Waals surface area contributed by atoms with Crippen LogP contribution in [0.3, 0.4) is 0 Å². The van der Waals surface area contributed by atoms with Gasteiger partial charge in [0, 0.05) is 0 Å². The third-order valence-corrected chi connectivity index (χ3v) is 4.10. The van der Waals surface area contributed by atoms with Gasteiger partial charge in [0.1, 0.15) is 0 Å². The van der Waals surface area contributed by atoms with Gasteiger partial charge in [-0.15, -0.1) is 0 Å². The average molecular weight is 228 g/mol. The number of hydrogen-bond acceptors (Lipinski definition) is 2. The van der Waals surface area contributed by atoms with Crippen molar-refractivity contribution in [2.45, 2.75) is 66.6 Å². The fourth-order valence-electron chi connectivity index (χ4n) is 2.97. The minimum Gasteiger partial charge on any atom is -0.393 e. The van der Waals surface area contributed by atoms with E-state index in [4.69, 9.17) is 0 Å². The molecule has 0 aromatic rings. The van der Waals surface area contributed by atoms with Crippen molar-refractivity contribution in [1.29, 1.82) is 0 Å². The van der Waals surface area contributed by atoms with Crippen LogP contribution in [-0.4, -0.2) is 22.4 Å². The van der Waals surface area contributed by atoms with E-state index in [2.05, 4.69) is 41.5 Å². The molecule has 0 bridgehead atoms. The molecule has 1 rings (SSSR count). The van der Waals surface area contributed by atoms with E-state index in [1.165, 1.54) is 0 Å². The molecular weight excluding hydrogens is 200 g/mol. The molecule has 0 amide bonds. The lowest BCUT2D eigenvalue weighted by molar-refractivity contribution is -0.104. The van der Waals surface area contributed by atoms with Gasteiger partial charge in [0.25, 0.3) is 0 Å². The van der Waals surface area contributed by atoms with Crippen molar-refractivity contribution < 1.29 is 10.2 Å². The maximum absolute atomic E-state index is 10.5. The quantitative estimate of drug-likeness (QED) is 0.669. The van der Waals surface area contributed by atoms with E-state index in [1.54, 1.807) is 0 Å². The molecule has 1 aliphatic carbocycles. The molecule has 96 valence electrons. The monoisotopic (exact) mass is 228 g/mol. The highest BCUT2D eigenvalue weighted by Crippen LogP contribution is 2.46. The van der Waals surface area contributed by atoms with Crippen LogP contribution in [0, 0.1) is 22.7 Å². The minimum atomic E-state index is -0.289. The van der Waals surface area contributed by atoms with E-state index in [0.717, 1.165) is 12.8 Å². The van der Waals surface area contributed by atoms with Crippen LogP contribution >= 0.6 is 0 Å². The first-order chi connectivity index (χ1) is 7.03. The van der Waals surface area contributed by atoms with Crippen molar-refractivity contribution >= 4 is 0 Å². The van der Waals surface area contributed by atoms with Gasteiger partial charge in [-0.1, -0.05) is 41.5 Å². The fourth-order valence-corrected chi connectivity index (χ4v) is 2.97. The summed E-state index contributed by atoms with van der Waals surface area (Å²) in [5.74, 6) is 0.390. The molecule has 0 spiro atoms. The highest BCUT2D eigenvalue weighted by molar-refractivity contribution is 4.95. The summed E-state index contributed by atoms with van der Waals surface area (Å²) in [6.07, 6.45) is 0.925. The number of rotatable bonds is 0. The van der Waals surface area contributed by atoms with E-state index in [9.17, 15) is 10.2 Å². The van der Waals surface area contributed by atoms with Crippen molar-refractivity contribution in [2.75, 3.05) is 0 Å². The van der Waals surface area contributed by atoms with Crippen molar-refractivity contribution in [1.82, 2.24) is 0 Å². The van der Waals surface area contributed by atoms with E-state index < -0.39 is 0 Å². The topological polar surface area (TPSA) is 40.5 Å². The first-order valence-corrected chi connectivity index (χ1v) is 6.39. The van der Waals surface area contributed by atoms with Gasteiger partial charge in [-0.05, 0) is 35.5 Å². The van der Waals surface area contributed by atoms with Crippen LogP contribution in [0.25, 0.3) is 0 Å². The molecule has 0 saturated heterocycles. The van der Waals surface area contributed by atoms with E-state index in [-0.39, 0.29) is 34.9 Å². The standard InChI is InChI=1S/C14H28O2/c1-13(2,3)10-7-9(15)8-11(12(10)16)14(4,5)6/h9-12,15-16H,7-8H2,1-6H3/t9?,10-,11+,12?. The number of aliphatic hydroxyl groups is 2. The molecule has 0 radical (unpaired) electrons. The molecule has 1 fully saturated rings. The van der Waals surface area contributed by atoms with Gasteiger partial charge >= 0.3 is 0 Å². The predicted octanol–water partition coefficient (Wildman–Crippen LogP) is 2.83. The average Bonchev–Trinajstić information content (AvgIpc) is 2.04. The SMILES string of the molecule is CC(C)(C)[C@@H]1CC(O)C[C@H](C(C)(C)C)C1O. The Morgan fingerprint density at radius 2 is 1.06 bits per heavy atom. The van der Waals surface area contributed by atoms with E-state index in [1.807, 2.05) is 0 Å². The molecule has 0 heterocycles. The summed E-state index contributed by atoms with van der Waals surface area (Å²) in [7, 11) is 0. The summed E-state index contributed by atoms with van der Waals surface area (Å²) < 4.78 is 0. The molecule has 2 N–H and O–H groups in total. The Hall–Kier alpha value is -0.0800. The molecule has 16 heavy (non-hydrogen) atoms. The molecular formula is C14H28O2. The fraction of sp³-hybridized carbons (Fsp3) is 1.00. The first-order valence-electron chi connectivity index (χ1n) is 6.39. The van der Waals surface area contributed by atoms with Crippen LogP contribution in [-0.2, 0) is 0 Å². The van der Waals surface area contributed by atoms with Crippen LogP contribution in [0.5, 0.6) is 0 Å². The third kappa shape index (κ3) is 2.98. The summed E-state index contributed by atoms with van der Waals surface area (Å²) in [6, 6.07) is 0. The summed E-state index contributed by atoms with van der Waals surface area (Å²) in [5.41, 5.74) is 0.120. The molecule has 0 aromatic carbocycles. The molecule has 2 nitrogen and oxygen atoms in total. The Kier molecular flexibility index (Phi) is 3.76. The van der Waals surface area contributed by atoms with Crippen LogP contribution in [0.2, 0.25) is 0 Å². The third-order valence-electron chi connectivity index (χ3n) is 4.10. The largest absolute Gasteiger partial charge is 0.393 e. The number of hydrogen-bond donors (Lipinski definition) is 2. The highest BCUT2D eigenvalue weighted by Gasteiger charge is 2.45. The van der Waals surface area contributed by atoms with Gasteiger partial charge in [-0.3, -0.25) is 0 Å². The normalized spacial score (nSPS) is 37.5. The van der Waals surface area contributed by atoms with Gasteiger partial charge in [0.2, 0.25) is 0 Å². The van der Waals surface area contributed by atoms with E-state index in [0.29, 0.717) is 0 Å². The second kappa shape index (κ2) is 4.30. The van der Waals surface area contributed by atoms with Gasteiger partial charge in [-0.2, -0.15) is 0 Å². The predicted molar refractivity (Wildman–Crippen MR) is 67.1 cm³/mol. The van der Waals surface area contributed by atoms with Crippen LogP contribution in [0.4, 0.5) is 0 Å². The van der Waals surface area contributed by atoms with Crippen molar-refractivity contribution in [3.63, 3.8) is 0 Å². The van der Waals surface area contributed by atoms with Crippen molar-refractivity contribution in [3.8, 4) is 0 Å². The summed E-state index contributed by atoms with van der Waals surface area (Å²) >= 11 is 0. The zero-order chi connectivity index (χ0) is 12.7. The summed E-state index contributed by atoms with van der Waals surface area (Å²) in [6.45, 7) is 12.9. The zero-order valence-electron chi connectivity index (χ0n) is 11.6. The van der Waals surface area contributed by atoms with Crippen molar-refractivity contribution in [3.05, 3.63) is 0 Å². The van der Waals surface area contributed by atoms with Gasteiger partial charge in [-0.25, -0.2) is 0 Å². The smallest absolute Gasteiger partial charge is 0.0608 e. The van der Waals surface area contributed by atoms with Crippen LogP contribution < -0.4 is 0 Å². The molecule has 4 atom stereocenters. The molecule has 2 unspecified atom stereocenters. The zero-order valence-corrected chi connectivity index (χ0v) is 11.6. The highest BCUT2D eigenvalue weighted by atomic mass is 16.3. The second-order valence-corrected chi connectivity index (χ2v) is 7.56. The maximum atomic E-state index is 10.5. The summed E-state index contributed by atoms with van der Waals surface area (Å²) in [5, 5.41) is 20.5. The maximum Gasteiger partial charge on any atom is 0.0608 e. The minimum absolute atomic E-state index is 0.0598. The first kappa shape index (κ1) is 14.0. The van der Waals surface area contributed by atoms with Crippen LogP contribution in [0.1, 0.15) is 54.4 Å². The molecule has 0 aliphatic heterocycles. The van der Waals surface area contributed by atoms with Crippen molar-refractivity contribution in [2.24, 2.45) is 22.7 Å². The second-order valence-electron chi connectivity index (χ2n) is 7.56. The lowest BCUT2D eigenvalue weighted by Gasteiger charge is -2.48. The lowest BCUT2D eigenvalue weighted by Crippen LogP contribution is -2.49. The lowest BCUT2D eigenvalue weighted by atomic mass is 9.60. The molecule has 0 aromatic heterocycles. The van der Waals surface area contributed by atoms with Gasteiger partial charge in [0.15, 0.2) is 0 Å². The molecule has 1 aliphatic rings.